The average molecular weight is 305 g/mol. The molecular weight excluding hydrogens is 286 g/mol. The molecule has 6 heteroatoms. The number of carboxylic acid groups (broad SMARTS) is 1. The van der Waals surface area contributed by atoms with Gasteiger partial charge in [0, 0.05) is 12.3 Å². The summed E-state index contributed by atoms with van der Waals surface area (Å²) in [5.41, 5.74) is 6.83. The first-order valence-electron chi connectivity index (χ1n) is 6.83. The highest BCUT2D eigenvalue weighted by molar-refractivity contribution is 5.84. The Bertz CT molecular complexity index is 650. The Hall–Kier alpha value is -2.47. The molecule has 1 unspecified atom stereocenters. The van der Waals surface area contributed by atoms with Crippen LogP contribution in [0.25, 0.3) is 0 Å². The number of carbonyl (C=O) groups is 1. The van der Waals surface area contributed by atoms with Gasteiger partial charge < -0.3 is 24.7 Å². The van der Waals surface area contributed by atoms with Crippen LogP contribution in [0.2, 0.25) is 0 Å². The zero-order chi connectivity index (χ0) is 16.1. The Morgan fingerprint density at radius 1 is 1.23 bits per heavy atom. The van der Waals surface area contributed by atoms with Crippen LogP contribution in [0.15, 0.2) is 34.7 Å². The highest BCUT2D eigenvalue weighted by atomic mass is 16.5. The number of hydrogen-bond acceptors (Lipinski definition) is 5. The second-order valence-electron chi connectivity index (χ2n) is 4.82. The summed E-state index contributed by atoms with van der Waals surface area (Å²) in [4.78, 5) is 10.8. The van der Waals surface area contributed by atoms with Crippen LogP contribution in [-0.2, 0) is 6.42 Å². The molecule has 0 amide bonds. The van der Waals surface area contributed by atoms with Crippen LogP contribution in [0.1, 0.15) is 27.8 Å². The van der Waals surface area contributed by atoms with Gasteiger partial charge in [-0.1, -0.05) is 6.07 Å². The molecule has 1 aromatic carbocycles. The van der Waals surface area contributed by atoms with E-state index < -0.39 is 5.97 Å². The van der Waals surface area contributed by atoms with E-state index in [4.69, 9.17) is 24.7 Å². The molecule has 0 aliphatic heterocycles. The fourth-order valence-electron chi connectivity index (χ4n) is 2.29. The van der Waals surface area contributed by atoms with E-state index in [1.165, 1.54) is 6.07 Å². The maximum Gasteiger partial charge on any atom is 0.371 e. The molecule has 6 nitrogen and oxygen atoms in total. The van der Waals surface area contributed by atoms with Crippen LogP contribution in [0.4, 0.5) is 0 Å². The smallest absolute Gasteiger partial charge is 0.371 e. The van der Waals surface area contributed by atoms with E-state index in [9.17, 15) is 4.79 Å². The lowest BCUT2D eigenvalue weighted by atomic mass is 9.94. The summed E-state index contributed by atoms with van der Waals surface area (Å²) in [6, 6.07) is 8.71. The van der Waals surface area contributed by atoms with Gasteiger partial charge in [-0.3, -0.25) is 0 Å². The van der Waals surface area contributed by atoms with E-state index in [1.807, 2.05) is 18.2 Å². The molecule has 0 radical (unpaired) electrons. The molecule has 3 N–H and O–H groups in total. The molecule has 2 aromatic rings. The fourth-order valence-corrected chi connectivity index (χ4v) is 2.29. The highest BCUT2D eigenvalue weighted by Gasteiger charge is 2.17. The van der Waals surface area contributed by atoms with Crippen LogP contribution < -0.4 is 15.2 Å². The summed E-state index contributed by atoms with van der Waals surface area (Å²) in [6.45, 7) is 0.401. The molecule has 0 aliphatic rings. The van der Waals surface area contributed by atoms with Gasteiger partial charge in [0.05, 0.1) is 14.2 Å². The monoisotopic (exact) mass is 305 g/mol. The van der Waals surface area contributed by atoms with E-state index in [1.54, 1.807) is 20.3 Å². The summed E-state index contributed by atoms with van der Waals surface area (Å²) in [5.74, 6) is 0.701. The molecule has 0 aliphatic carbocycles. The number of carboxylic acids is 1. The third-order valence-corrected chi connectivity index (χ3v) is 3.48. The minimum Gasteiger partial charge on any atom is -0.493 e. The Morgan fingerprint density at radius 3 is 2.50 bits per heavy atom. The zero-order valence-electron chi connectivity index (χ0n) is 12.5. The van der Waals surface area contributed by atoms with Crippen molar-refractivity contribution >= 4 is 5.97 Å². The van der Waals surface area contributed by atoms with Crippen LogP contribution in [0.5, 0.6) is 11.5 Å². The number of ether oxygens (including phenoxy) is 2. The summed E-state index contributed by atoms with van der Waals surface area (Å²) in [5, 5.41) is 8.88. The molecule has 0 saturated carbocycles. The quantitative estimate of drug-likeness (QED) is 0.815. The molecule has 0 fully saturated rings. The minimum atomic E-state index is -1.08. The molecule has 0 saturated heterocycles. The van der Waals surface area contributed by atoms with E-state index >= 15 is 0 Å². The summed E-state index contributed by atoms with van der Waals surface area (Å²) >= 11 is 0. The normalized spacial score (nSPS) is 12.0. The van der Waals surface area contributed by atoms with Crippen LogP contribution in [0.3, 0.4) is 0 Å². The van der Waals surface area contributed by atoms with Gasteiger partial charge in [0.2, 0.25) is 5.76 Å². The molecule has 118 valence electrons. The molecular formula is C16H19NO5. The molecule has 0 spiro atoms. The van der Waals surface area contributed by atoms with E-state index in [-0.39, 0.29) is 11.7 Å². The summed E-state index contributed by atoms with van der Waals surface area (Å²) < 4.78 is 15.8. The first kappa shape index (κ1) is 15.9. The predicted molar refractivity (Wildman–Crippen MR) is 80.7 cm³/mol. The van der Waals surface area contributed by atoms with E-state index in [0.717, 1.165) is 5.56 Å². The number of furan rings is 1. The van der Waals surface area contributed by atoms with Crippen molar-refractivity contribution in [3.8, 4) is 11.5 Å². The van der Waals surface area contributed by atoms with Crippen molar-refractivity contribution in [2.75, 3.05) is 20.8 Å². The third kappa shape index (κ3) is 3.40. The van der Waals surface area contributed by atoms with Crippen molar-refractivity contribution in [2.24, 2.45) is 5.73 Å². The Morgan fingerprint density at radius 2 is 1.95 bits per heavy atom. The third-order valence-electron chi connectivity index (χ3n) is 3.48. The van der Waals surface area contributed by atoms with Gasteiger partial charge in [-0.2, -0.15) is 0 Å². The van der Waals surface area contributed by atoms with Crippen LogP contribution in [-0.4, -0.2) is 31.8 Å². The standard InChI is InChI=1S/C16H19NO5/c1-20-13-5-3-10(8-15(13)21-2)11(9-17)7-12-4-6-14(22-12)16(18)19/h3-6,8,11H,7,9,17H2,1-2H3,(H,18,19). The second-order valence-corrected chi connectivity index (χ2v) is 4.82. The average Bonchev–Trinajstić information content (AvgIpc) is 3.00. The first-order valence-corrected chi connectivity index (χ1v) is 6.83. The maximum absolute atomic E-state index is 10.8. The maximum atomic E-state index is 10.8. The van der Waals surface area contributed by atoms with Gasteiger partial charge in [0.15, 0.2) is 11.5 Å². The number of methoxy groups -OCH3 is 2. The van der Waals surface area contributed by atoms with Gasteiger partial charge >= 0.3 is 5.97 Å². The number of hydrogen-bond donors (Lipinski definition) is 2. The van der Waals surface area contributed by atoms with E-state index in [2.05, 4.69) is 0 Å². The molecule has 1 heterocycles. The van der Waals surface area contributed by atoms with Crippen molar-refractivity contribution < 1.29 is 23.8 Å². The Balaban J connectivity index is 2.22. The van der Waals surface area contributed by atoms with Crippen LogP contribution >= 0.6 is 0 Å². The van der Waals surface area contributed by atoms with Crippen molar-refractivity contribution in [1.82, 2.24) is 0 Å². The SMILES string of the molecule is COc1ccc(C(CN)Cc2ccc(C(=O)O)o2)cc1OC. The van der Waals surface area contributed by atoms with Gasteiger partial charge in [0.25, 0.3) is 0 Å². The lowest BCUT2D eigenvalue weighted by Crippen LogP contribution is -2.15. The van der Waals surface area contributed by atoms with Crippen LogP contribution in [0, 0.1) is 0 Å². The highest BCUT2D eigenvalue weighted by Crippen LogP contribution is 2.31. The Kier molecular flexibility index (Phi) is 5.06. The summed E-state index contributed by atoms with van der Waals surface area (Å²) in [7, 11) is 3.15. The minimum absolute atomic E-state index is 0.00685. The van der Waals surface area contributed by atoms with Crippen molar-refractivity contribution in [2.45, 2.75) is 12.3 Å². The van der Waals surface area contributed by atoms with Crippen molar-refractivity contribution in [3.05, 3.63) is 47.4 Å². The molecule has 2 rings (SSSR count). The first-order chi connectivity index (χ1) is 10.6. The topological polar surface area (TPSA) is 94.9 Å². The van der Waals surface area contributed by atoms with Crippen molar-refractivity contribution in [1.29, 1.82) is 0 Å². The number of aromatic carboxylic acids is 1. The zero-order valence-corrected chi connectivity index (χ0v) is 12.5. The lowest BCUT2D eigenvalue weighted by molar-refractivity contribution is 0.0660. The van der Waals surface area contributed by atoms with Crippen molar-refractivity contribution in [3.63, 3.8) is 0 Å². The van der Waals surface area contributed by atoms with Gasteiger partial charge in [0.1, 0.15) is 5.76 Å². The van der Waals surface area contributed by atoms with Gasteiger partial charge in [-0.15, -0.1) is 0 Å². The molecule has 22 heavy (non-hydrogen) atoms. The number of nitrogens with two attached hydrogens (primary N) is 1. The van der Waals surface area contributed by atoms with Gasteiger partial charge in [-0.25, -0.2) is 4.79 Å². The Labute approximate surface area is 128 Å². The number of benzene rings is 1. The van der Waals surface area contributed by atoms with E-state index in [0.29, 0.717) is 30.2 Å². The summed E-state index contributed by atoms with van der Waals surface area (Å²) in [6.07, 6.45) is 0.513. The lowest BCUT2D eigenvalue weighted by Gasteiger charge is -2.16. The number of rotatable bonds is 7. The fraction of sp³-hybridized carbons (Fsp3) is 0.312. The van der Waals surface area contributed by atoms with Gasteiger partial charge in [-0.05, 0) is 36.4 Å². The molecule has 0 bridgehead atoms. The molecule has 1 aromatic heterocycles. The largest absolute Gasteiger partial charge is 0.493 e. The predicted octanol–water partition coefficient (Wildman–Crippen LogP) is 2.28. The molecule has 1 atom stereocenters. The second kappa shape index (κ2) is 7.00.